The minimum atomic E-state index is -0.604. The molecule has 0 radical (unpaired) electrons. The van der Waals surface area contributed by atoms with Crippen molar-refractivity contribution >= 4 is 5.91 Å². The molecule has 29 heavy (non-hydrogen) atoms. The van der Waals surface area contributed by atoms with Crippen LogP contribution >= 0.6 is 0 Å². The third-order valence-electron chi connectivity index (χ3n) is 5.48. The molecule has 1 aliphatic heterocycles. The zero-order valence-corrected chi connectivity index (χ0v) is 16.6. The van der Waals surface area contributed by atoms with Crippen LogP contribution in [0.5, 0.6) is 0 Å². The number of benzene rings is 1. The first-order chi connectivity index (χ1) is 14.2. The summed E-state index contributed by atoms with van der Waals surface area (Å²) in [5.41, 5.74) is 1.44. The van der Waals surface area contributed by atoms with Crippen LogP contribution < -0.4 is 10.6 Å². The van der Waals surface area contributed by atoms with Crippen LogP contribution in [0.3, 0.4) is 0 Å². The summed E-state index contributed by atoms with van der Waals surface area (Å²) in [6, 6.07) is 9.88. The van der Waals surface area contributed by atoms with E-state index in [9.17, 15) is 4.79 Å². The molecule has 1 saturated heterocycles. The third kappa shape index (κ3) is 4.07. The summed E-state index contributed by atoms with van der Waals surface area (Å²) in [5.74, 6) is 1.28. The highest BCUT2D eigenvalue weighted by atomic mass is 16.5. The second-order valence-corrected chi connectivity index (χ2v) is 7.30. The lowest BCUT2D eigenvalue weighted by Gasteiger charge is -2.36. The average molecular weight is 394 g/mol. The van der Waals surface area contributed by atoms with Gasteiger partial charge in [-0.25, -0.2) is 0 Å². The summed E-state index contributed by atoms with van der Waals surface area (Å²) < 4.78 is 7.09. The van der Waals surface area contributed by atoms with Crippen molar-refractivity contribution in [3.8, 4) is 11.5 Å². The van der Waals surface area contributed by atoms with Gasteiger partial charge < -0.3 is 15.2 Å². The van der Waals surface area contributed by atoms with Crippen molar-refractivity contribution in [2.45, 2.75) is 38.1 Å². The van der Waals surface area contributed by atoms with E-state index in [2.05, 4.69) is 25.9 Å². The molecule has 1 aromatic carbocycles. The zero-order chi connectivity index (χ0) is 20.1. The number of rotatable bonds is 7. The van der Waals surface area contributed by atoms with Crippen LogP contribution in [0.2, 0.25) is 0 Å². The van der Waals surface area contributed by atoms with Crippen molar-refractivity contribution in [1.29, 1.82) is 0 Å². The first-order valence-electron chi connectivity index (χ1n) is 10.1. The molecular formula is C21H26N6O2. The number of aromatic nitrogens is 4. The van der Waals surface area contributed by atoms with Crippen molar-refractivity contribution < 1.29 is 9.32 Å². The van der Waals surface area contributed by atoms with Crippen molar-refractivity contribution in [2.75, 3.05) is 19.6 Å². The standard InChI is InChI=1S/C21H26N6O2/c1-2-18-25-19(29-26-18)17-6-4-16(5-7-17)8-12-23-20(28)21(9-13-22-14-10-21)27-15-3-11-24-27/h3-7,11,15,22H,2,8-10,12-14H2,1H3,(H,23,28). The maximum atomic E-state index is 13.1. The highest BCUT2D eigenvalue weighted by Gasteiger charge is 2.41. The molecule has 0 unspecified atom stereocenters. The summed E-state index contributed by atoms with van der Waals surface area (Å²) in [7, 11) is 0. The molecule has 3 aromatic rings. The molecule has 2 aromatic heterocycles. The normalized spacial score (nSPS) is 15.9. The third-order valence-corrected chi connectivity index (χ3v) is 5.48. The summed E-state index contributed by atoms with van der Waals surface area (Å²) >= 11 is 0. The lowest BCUT2D eigenvalue weighted by molar-refractivity contribution is -0.131. The van der Waals surface area contributed by atoms with Gasteiger partial charge in [-0.15, -0.1) is 0 Å². The van der Waals surface area contributed by atoms with Gasteiger partial charge in [-0.2, -0.15) is 10.1 Å². The fourth-order valence-corrected chi connectivity index (χ4v) is 3.74. The molecule has 3 heterocycles. The largest absolute Gasteiger partial charge is 0.354 e. The number of amides is 1. The minimum Gasteiger partial charge on any atom is -0.354 e. The van der Waals surface area contributed by atoms with Gasteiger partial charge in [0.15, 0.2) is 5.82 Å². The maximum Gasteiger partial charge on any atom is 0.257 e. The maximum absolute atomic E-state index is 13.1. The fraction of sp³-hybridized carbons (Fsp3) is 0.429. The molecule has 0 bridgehead atoms. The summed E-state index contributed by atoms with van der Waals surface area (Å²) in [4.78, 5) is 17.4. The molecule has 2 N–H and O–H groups in total. The van der Waals surface area contributed by atoms with Crippen molar-refractivity contribution in [1.82, 2.24) is 30.6 Å². The Balaban J connectivity index is 1.36. The van der Waals surface area contributed by atoms with Gasteiger partial charge >= 0.3 is 0 Å². The number of carbonyl (C=O) groups is 1. The molecule has 8 heteroatoms. The fourth-order valence-electron chi connectivity index (χ4n) is 3.74. The number of carbonyl (C=O) groups excluding carboxylic acids is 1. The molecule has 0 atom stereocenters. The van der Waals surface area contributed by atoms with Crippen LogP contribution in [0.15, 0.2) is 47.2 Å². The molecule has 1 aliphatic rings. The van der Waals surface area contributed by atoms with Crippen LogP contribution in [-0.4, -0.2) is 45.5 Å². The monoisotopic (exact) mass is 394 g/mol. The van der Waals surface area contributed by atoms with E-state index in [1.165, 1.54) is 0 Å². The van der Waals surface area contributed by atoms with Gasteiger partial charge in [0.05, 0.1) is 0 Å². The molecule has 0 saturated carbocycles. The number of hydrogen-bond acceptors (Lipinski definition) is 6. The summed E-state index contributed by atoms with van der Waals surface area (Å²) in [6.07, 6.45) is 6.58. The minimum absolute atomic E-state index is 0.0391. The Kier molecular flexibility index (Phi) is 5.71. The number of hydrogen-bond donors (Lipinski definition) is 2. The first-order valence-corrected chi connectivity index (χ1v) is 10.1. The van der Waals surface area contributed by atoms with Crippen LogP contribution in [0.1, 0.15) is 31.2 Å². The van der Waals surface area contributed by atoms with Crippen LogP contribution in [-0.2, 0) is 23.2 Å². The van der Waals surface area contributed by atoms with Crippen molar-refractivity contribution in [3.05, 3.63) is 54.1 Å². The van der Waals surface area contributed by atoms with E-state index in [1.807, 2.05) is 48.1 Å². The molecule has 0 spiro atoms. The zero-order valence-electron chi connectivity index (χ0n) is 16.6. The smallest absolute Gasteiger partial charge is 0.257 e. The van der Waals surface area contributed by atoms with Gasteiger partial charge in [-0.05, 0) is 56.1 Å². The Morgan fingerprint density at radius 3 is 2.72 bits per heavy atom. The molecule has 8 nitrogen and oxygen atoms in total. The molecule has 4 rings (SSSR count). The predicted molar refractivity (Wildman–Crippen MR) is 108 cm³/mol. The van der Waals surface area contributed by atoms with Crippen molar-refractivity contribution in [3.63, 3.8) is 0 Å². The van der Waals surface area contributed by atoms with Gasteiger partial charge in [-0.1, -0.05) is 24.2 Å². The molecule has 1 fully saturated rings. The lowest BCUT2D eigenvalue weighted by Crippen LogP contribution is -2.54. The SMILES string of the molecule is CCc1noc(-c2ccc(CCNC(=O)C3(n4cccn4)CCNCC3)cc2)n1. The van der Waals surface area contributed by atoms with Gasteiger partial charge in [0.25, 0.3) is 5.89 Å². The Morgan fingerprint density at radius 1 is 1.28 bits per heavy atom. The van der Waals surface area contributed by atoms with Crippen LogP contribution in [0.25, 0.3) is 11.5 Å². The number of nitrogens with one attached hydrogen (secondary N) is 2. The average Bonchev–Trinajstić information content (AvgIpc) is 3.47. The van der Waals surface area contributed by atoms with E-state index < -0.39 is 5.54 Å². The predicted octanol–water partition coefficient (Wildman–Crippen LogP) is 1.93. The summed E-state index contributed by atoms with van der Waals surface area (Å²) in [6.45, 7) is 4.19. The Labute approximate surface area is 169 Å². The molecular weight excluding hydrogens is 368 g/mol. The van der Waals surface area contributed by atoms with E-state index in [4.69, 9.17) is 4.52 Å². The highest BCUT2D eigenvalue weighted by molar-refractivity contribution is 5.84. The van der Waals surface area contributed by atoms with E-state index in [0.717, 1.165) is 49.9 Å². The van der Waals surface area contributed by atoms with Crippen LogP contribution in [0, 0.1) is 0 Å². The Bertz CT molecular complexity index is 927. The van der Waals surface area contributed by atoms with Gasteiger partial charge in [0.2, 0.25) is 5.91 Å². The number of nitrogens with zero attached hydrogens (tertiary/aromatic N) is 4. The Hall–Kier alpha value is -3.00. The lowest BCUT2D eigenvalue weighted by atomic mass is 9.87. The second-order valence-electron chi connectivity index (χ2n) is 7.30. The van der Waals surface area contributed by atoms with Gasteiger partial charge in [0.1, 0.15) is 5.54 Å². The highest BCUT2D eigenvalue weighted by Crippen LogP contribution is 2.27. The number of piperidine rings is 1. The topological polar surface area (TPSA) is 97.9 Å². The Morgan fingerprint density at radius 2 is 2.07 bits per heavy atom. The van der Waals surface area contributed by atoms with Gasteiger partial charge in [0, 0.05) is 30.9 Å². The van der Waals surface area contributed by atoms with E-state index >= 15 is 0 Å². The van der Waals surface area contributed by atoms with Gasteiger partial charge in [-0.3, -0.25) is 9.48 Å². The van der Waals surface area contributed by atoms with E-state index in [1.54, 1.807) is 6.20 Å². The molecule has 1 amide bonds. The van der Waals surface area contributed by atoms with E-state index in [-0.39, 0.29) is 5.91 Å². The quantitative estimate of drug-likeness (QED) is 0.635. The van der Waals surface area contributed by atoms with E-state index in [0.29, 0.717) is 18.3 Å². The molecule has 0 aliphatic carbocycles. The summed E-state index contributed by atoms with van der Waals surface area (Å²) in [5, 5.41) is 14.7. The number of aryl methyl sites for hydroxylation is 1. The second kappa shape index (κ2) is 8.57. The first kappa shape index (κ1) is 19.3. The van der Waals surface area contributed by atoms with Crippen molar-refractivity contribution in [2.24, 2.45) is 0 Å². The van der Waals surface area contributed by atoms with Crippen LogP contribution in [0.4, 0.5) is 0 Å². The molecule has 152 valence electrons.